The number of carbonyl (C=O) groups is 2. The fourth-order valence-electron chi connectivity index (χ4n) is 1.73. The average Bonchev–Trinajstić information content (AvgIpc) is 2.93. The number of nitrogens with one attached hydrogen (secondary N) is 2. The zero-order valence-corrected chi connectivity index (χ0v) is 13.2. The third-order valence-corrected chi connectivity index (χ3v) is 3.98. The van der Waals surface area contributed by atoms with Crippen molar-refractivity contribution in [1.29, 1.82) is 0 Å². The predicted octanol–water partition coefficient (Wildman–Crippen LogP) is 1.92. The van der Waals surface area contributed by atoms with E-state index in [9.17, 15) is 9.59 Å². The summed E-state index contributed by atoms with van der Waals surface area (Å²) in [7, 11) is 0. The van der Waals surface area contributed by atoms with Gasteiger partial charge in [-0.25, -0.2) is 4.98 Å². The molecular formula is C15H17N3O3S. The number of aryl methyl sites for hydroxylation is 1. The minimum atomic E-state index is -0.402. The van der Waals surface area contributed by atoms with Gasteiger partial charge in [0.2, 0.25) is 0 Å². The fourth-order valence-corrected chi connectivity index (χ4v) is 2.69. The highest BCUT2D eigenvalue weighted by Crippen LogP contribution is 2.27. The SMILES string of the molecule is CCOCC(=O)NNC(=O)c1sc(-c2ccccc2)nc1C. The van der Waals surface area contributed by atoms with E-state index in [1.165, 1.54) is 11.3 Å². The number of benzene rings is 1. The number of carbonyl (C=O) groups excluding carboxylic acids is 2. The van der Waals surface area contributed by atoms with Crippen molar-refractivity contribution in [2.45, 2.75) is 13.8 Å². The zero-order chi connectivity index (χ0) is 15.9. The molecule has 0 aliphatic heterocycles. The Morgan fingerprint density at radius 1 is 1.23 bits per heavy atom. The smallest absolute Gasteiger partial charge is 0.281 e. The van der Waals surface area contributed by atoms with E-state index in [-0.39, 0.29) is 12.5 Å². The third kappa shape index (κ3) is 4.12. The van der Waals surface area contributed by atoms with Crippen LogP contribution in [0.4, 0.5) is 0 Å². The summed E-state index contributed by atoms with van der Waals surface area (Å²) in [6.45, 7) is 3.90. The van der Waals surface area contributed by atoms with Crippen LogP contribution in [0.2, 0.25) is 0 Å². The fraction of sp³-hybridized carbons (Fsp3) is 0.267. The van der Waals surface area contributed by atoms with Crippen molar-refractivity contribution >= 4 is 23.2 Å². The maximum atomic E-state index is 12.1. The standard InChI is InChI=1S/C15H17N3O3S/c1-3-21-9-12(19)17-18-14(20)13-10(2)16-15(22-13)11-7-5-4-6-8-11/h4-8H,3,9H2,1-2H3,(H,17,19)(H,18,20). The molecule has 7 heteroatoms. The van der Waals surface area contributed by atoms with Crippen molar-refractivity contribution in [2.24, 2.45) is 0 Å². The molecule has 0 atom stereocenters. The normalized spacial score (nSPS) is 10.3. The number of ether oxygens (including phenoxy) is 1. The lowest BCUT2D eigenvalue weighted by atomic mass is 10.2. The molecule has 0 saturated carbocycles. The molecule has 0 aliphatic carbocycles. The molecule has 0 unspecified atom stereocenters. The summed E-state index contributed by atoms with van der Waals surface area (Å²) in [4.78, 5) is 28.3. The van der Waals surface area contributed by atoms with Crippen molar-refractivity contribution in [1.82, 2.24) is 15.8 Å². The Bertz CT molecular complexity index is 655. The van der Waals surface area contributed by atoms with Crippen LogP contribution in [0.5, 0.6) is 0 Å². The molecule has 116 valence electrons. The van der Waals surface area contributed by atoms with Gasteiger partial charge in [0.15, 0.2) is 0 Å². The van der Waals surface area contributed by atoms with E-state index in [2.05, 4.69) is 15.8 Å². The highest BCUT2D eigenvalue weighted by Gasteiger charge is 2.16. The lowest BCUT2D eigenvalue weighted by Crippen LogP contribution is -2.43. The largest absolute Gasteiger partial charge is 0.372 e. The second-order valence-corrected chi connectivity index (χ2v) is 5.44. The van der Waals surface area contributed by atoms with E-state index in [4.69, 9.17) is 4.74 Å². The van der Waals surface area contributed by atoms with Gasteiger partial charge >= 0.3 is 0 Å². The van der Waals surface area contributed by atoms with Gasteiger partial charge in [0.25, 0.3) is 11.8 Å². The Hall–Kier alpha value is -2.25. The summed E-state index contributed by atoms with van der Waals surface area (Å²) in [5, 5.41) is 0.767. The molecule has 0 spiro atoms. The van der Waals surface area contributed by atoms with Gasteiger partial charge in [-0.3, -0.25) is 20.4 Å². The van der Waals surface area contributed by atoms with E-state index in [0.29, 0.717) is 17.2 Å². The zero-order valence-electron chi connectivity index (χ0n) is 12.4. The number of hydrogen-bond donors (Lipinski definition) is 2. The molecule has 2 rings (SSSR count). The quantitative estimate of drug-likeness (QED) is 0.825. The van der Waals surface area contributed by atoms with E-state index in [1.807, 2.05) is 30.3 Å². The molecule has 0 radical (unpaired) electrons. The first-order valence-corrected chi connectivity index (χ1v) is 7.63. The maximum Gasteiger partial charge on any atom is 0.281 e. The lowest BCUT2D eigenvalue weighted by Gasteiger charge is -2.06. The summed E-state index contributed by atoms with van der Waals surface area (Å²) < 4.78 is 4.95. The topological polar surface area (TPSA) is 80.3 Å². The minimum absolute atomic E-state index is 0.0896. The summed E-state index contributed by atoms with van der Waals surface area (Å²) in [6, 6.07) is 9.62. The van der Waals surface area contributed by atoms with Gasteiger partial charge in [-0.15, -0.1) is 11.3 Å². The number of thiazole rings is 1. The van der Waals surface area contributed by atoms with Crippen LogP contribution >= 0.6 is 11.3 Å². The van der Waals surface area contributed by atoms with Crippen molar-refractivity contribution in [3.8, 4) is 10.6 Å². The summed E-state index contributed by atoms with van der Waals surface area (Å²) in [6.07, 6.45) is 0. The molecule has 6 nitrogen and oxygen atoms in total. The summed E-state index contributed by atoms with van der Waals surface area (Å²) in [5.41, 5.74) is 6.25. The van der Waals surface area contributed by atoms with Crippen LogP contribution in [-0.2, 0) is 9.53 Å². The first-order valence-electron chi connectivity index (χ1n) is 6.81. The van der Waals surface area contributed by atoms with Gasteiger partial charge in [0, 0.05) is 12.2 Å². The number of aromatic nitrogens is 1. The molecular weight excluding hydrogens is 302 g/mol. The minimum Gasteiger partial charge on any atom is -0.372 e. The molecule has 0 saturated heterocycles. The third-order valence-electron chi connectivity index (χ3n) is 2.78. The number of nitrogens with zero attached hydrogens (tertiary/aromatic N) is 1. The molecule has 0 fully saturated rings. The van der Waals surface area contributed by atoms with E-state index < -0.39 is 5.91 Å². The van der Waals surface area contributed by atoms with E-state index in [1.54, 1.807) is 13.8 Å². The Kier molecular flexibility index (Phi) is 5.62. The maximum absolute atomic E-state index is 12.1. The molecule has 2 amide bonds. The first kappa shape index (κ1) is 16.1. The van der Waals surface area contributed by atoms with Crippen LogP contribution in [0.3, 0.4) is 0 Å². The van der Waals surface area contributed by atoms with Gasteiger partial charge in [-0.1, -0.05) is 30.3 Å². The summed E-state index contributed by atoms with van der Waals surface area (Å²) >= 11 is 1.28. The summed E-state index contributed by atoms with van der Waals surface area (Å²) in [5.74, 6) is -0.789. The Morgan fingerprint density at radius 2 is 1.95 bits per heavy atom. The van der Waals surface area contributed by atoms with Crippen molar-refractivity contribution in [3.63, 3.8) is 0 Å². The number of rotatable bonds is 5. The van der Waals surface area contributed by atoms with E-state index in [0.717, 1.165) is 10.6 Å². The van der Waals surface area contributed by atoms with E-state index >= 15 is 0 Å². The van der Waals surface area contributed by atoms with Crippen LogP contribution in [-0.4, -0.2) is 30.0 Å². The van der Waals surface area contributed by atoms with Crippen LogP contribution in [0.25, 0.3) is 10.6 Å². The van der Waals surface area contributed by atoms with Gasteiger partial charge < -0.3 is 4.74 Å². The van der Waals surface area contributed by atoms with Crippen molar-refractivity contribution in [3.05, 3.63) is 40.9 Å². The molecule has 1 aromatic heterocycles. The Balaban J connectivity index is 2.02. The van der Waals surface area contributed by atoms with Gasteiger partial charge in [-0.2, -0.15) is 0 Å². The molecule has 0 bridgehead atoms. The molecule has 22 heavy (non-hydrogen) atoms. The molecule has 1 aromatic carbocycles. The predicted molar refractivity (Wildman–Crippen MR) is 84.4 cm³/mol. The number of hydrazine groups is 1. The van der Waals surface area contributed by atoms with Crippen LogP contribution < -0.4 is 10.9 Å². The second kappa shape index (κ2) is 7.67. The molecule has 2 N–H and O–H groups in total. The van der Waals surface area contributed by atoms with Gasteiger partial charge in [0.05, 0.1) is 5.69 Å². The lowest BCUT2D eigenvalue weighted by molar-refractivity contribution is -0.126. The highest BCUT2D eigenvalue weighted by atomic mass is 32.1. The van der Waals surface area contributed by atoms with Gasteiger partial charge in [-0.05, 0) is 13.8 Å². The number of amides is 2. The molecule has 2 aromatic rings. The van der Waals surface area contributed by atoms with Crippen LogP contribution in [0.15, 0.2) is 30.3 Å². The molecule has 1 heterocycles. The van der Waals surface area contributed by atoms with Crippen LogP contribution in [0, 0.1) is 6.92 Å². The molecule has 0 aliphatic rings. The number of hydrogen-bond acceptors (Lipinski definition) is 5. The highest BCUT2D eigenvalue weighted by molar-refractivity contribution is 7.17. The Morgan fingerprint density at radius 3 is 2.64 bits per heavy atom. The van der Waals surface area contributed by atoms with Gasteiger partial charge in [0.1, 0.15) is 16.5 Å². The Labute approximate surface area is 132 Å². The van der Waals surface area contributed by atoms with Crippen molar-refractivity contribution in [2.75, 3.05) is 13.2 Å². The van der Waals surface area contributed by atoms with Crippen LogP contribution in [0.1, 0.15) is 22.3 Å². The first-order chi connectivity index (χ1) is 10.6. The van der Waals surface area contributed by atoms with Crippen molar-refractivity contribution < 1.29 is 14.3 Å². The monoisotopic (exact) mass is 319 g/mol. The average molecular weight is 319 g/mol. The second-order valence-electron chi connectivity index (χ2n) is 4.44.